The van der Waals surface area contributed by atoms with Gasteiger partial charge in [-0.3, -0.25) is 4.98 Å². The number of pyridine rings is 1. The van der Waals surface area contributed by atoms with Crippen LogP contribution in [-0.2, 0) is 6.54 Å². The Bertz CT molecular complexity index is 547. The molecule has 0 saturated heterocycles. The van der Waals surface area contributed by atoms with E-state index in [0.29, 0.717) is 12.2 Å². The predicted octanol–water partition coefficient (Wildman–Crippen LogP) is 3.61. The molecule has 1 heterocycles. The Kier molecular flexibility index (Phi) is 3.67. The van der Waals surface area contributed by atoms with E-state index < -0.39 is 11.6 Å². The molecule has 4 heteroatoms. The number of aromatic nitrogens is 1. The van der Waals surface area contributed by atoms with Crippen LogP contribution in [0.15, 0.2) is 43.0 Å². The van der Waals surface area contributed by atoms with Crippen LogP contribution in [0, 0.1) is 11.6 Å². The molecule has 2 rings (SSSR count). The standard InChI is InChI=1S/C14H12F2N2/c1-2-12-4-3-5-13(18-12)9-17-14-7-10(15)6-11(16)8-14/h2-8,17H,1,9H2. The molecule has 0 spiro atoms. The van der Waals surface area contributed by atoms with Crippen molar-refractivity contribution in [2.45, 2.75) is 6.54 Å². The minimum absolute atomic E-state index is 0.387. The fraction of sp³-hybridized carbons (Fsp3) is 0.0714. The second kappa shape index (κ2) is 5.40. The zero-order valence-corrected chi connectivity index (χ0v) is 9.66. The summed E-state index contributed by atoms with van der Waals surface area (Å²) >= 11 is 0. The molecule has 0 bridgehead atoms. The van der Waals surface area contributed by atoms with E-state index in [1.54, 1.807) is 6.08 Å². The number of hydrogen-bond acceptors (Lipinski definition) is 2. The third-order valence-electron chi connectivity index (χ3n) is 2.37. The number of hydrogen-bond donors (Lipinski definition) is 1. The Morgan fingerprint density at radius 3 is 2.56 bits per heavy atom. The molecule has 0 amide bonds. The summed E-state index contributed by atoms with van der Waals surface area (Å²) in [5.41, 5.74) is 1.93. The van der Waals surface area contributed by atoms with E-state index in [2.05, 4.69) is 16.9 Å². The predicted molar refractivity (Wildman–Crippen MR) is 68.0 cm³/mol. The van der Waals surface area contributed by atoms with Crippen molar-refractivity contribution in [2.75, 3.05) is 5.32 Å². The Labute approximate surface area is 104 Å². The lowest BCUT2D eigenvalue weighted by molar-refractivity contribution is 0.584. The minimum atomic E-state index is -0.606. The van der Waals surface area contributed by atoms with E-state index in [9.17, 15) is 8.78 Å². The maximum absolute atomic E-state index is 13.0. The van der Waals surface area contributed by atoms with Crippen LogP contribution in [0.5, 0.6) is 0 Å². The van der Waals surface area contributed by atoms with Crippen LogP contribution in [0.25, 0.3) is 6.08 Å². The van der Waals surface area contributed by atoms with Crippen LogP contribution in [0.1, 0.15) is 11.4 Å². The molecular weight excluding hydrogens is 234 g/mol. The van der Waals surface area contributed by atoms with E-state index in [-0.39, 0.29) is 0 Å². The van der Waals surface area contributed by atoms with E-state index in [1.807, 2.05) is 18.2 Å². The molecule has 1 aromatic heterocycles. The summed E-state index contributed by atoms with van der Waals surface area (Å²) in [6, 6.07) is 8.82. The third kappa shape index (κ3) is 3.13. The first-order valence-electron chi connectivity index (χ1n) is 5.46. The zero-order chi connectivity index (χ0) is 13.0. The molecule has 2 nitrogen and oxygen atoms in total. The molecule has 0 atom stereocenters. The van der Waals surface area contributed by atoms with Gasteiger partial charge in [0.25, 0.3) is 0 Å². The molecule has 0 radical (unpaired) electrons. The summed E-state index contributed by atoms with van der Waals surface area (Å²) in [6.07, 6.45) is 1.64. The molecule has 92 valence electrons. The summed E-state index contributed by atoms with van der Waals surface area (Å²) in [4.78, 5) is 4.28. The quantitative estimate of drug-likeness (QED) is 0.891. The van der Waals surface area contributed by atoms with Crippen LogP contribution < -0.4 is 5.32 Å². The van der Waals surface area contributed by atoms with Crippen molar-refractivity contribution in [3.8, 4) is 0 Å². The van der Waals surface area contributed by atoms with E-state index in [1.165, 1.54) is 12.1 Å². The van der Waals surface area contributed by atoms with Gasteiger partial charge in [-0.25, -0.2) is 8.78 Å². The lowest BCUT2D eigenvalue weighted by atomic mass is 10.2. The molecule has 0 fully saturated rings. The highest BCUT2D eigenvalue weighted by Gasteiger charge is 2.01. The summed E-state index contributed by atoms with van der Waals surface area (Å²) < 4.78 is 25.9. The molecule has 0 saturated carbocycles. The Hall–Kier alpha value is -2.23. The monoisotopic (exact) mass is 246 g/mol. The van der Waals surface area contributed by atoms with Crippen molar-refractivity contribution in [1.82, 2.24) is 4.98 Å². The van der Waals surface area contributed by atoms with Gasteiger partial charge in [-0.15, -0.1) is 0 Å². The molecule has 1 N–H and O–H groups in total. The molecule has 0 aliphatic heterocycles. The van der Waals surface area contributed by atoms with Gasteiger partial charge in [-0.05, 0) is 30.3 Å². The SMILES string of the molecule is C=Cc1cccc(CNc2cc(F)cc(F)c2)n1. The van der Waals surface area contributed by atoms with Crippen molar-refractivity contribution in [3.63, 3.8) is 0 Å². The van der Waals surface area contributed by atoms with Crippen LogP contribution in [0.4, 0.5) is 14.5 Å². The molecule has 18 heavy (non-hydrogen) atoms. The summed E-state index contributed by atoms with van der Waals surface area (Å²) in [5, 5.41) is 2.92. The average Bonchev–Trinajstić information content (AvgIpc) is 2.35. The van der Waals surface area contributed by atoms with E-state index in [4.69, 9.17) is 0 Å². The number of halogens is 2. The molecule has 0 unspecified atom stereocenters. The van der Waals surface area contributed by atoms with E-state index >= 15 is 0 Å². The van der Waals surface area contributed by atoms with Crippen LogP contribution in [-0.4, -0.2) is 4.98 Å². The van der Waals surface area contributed by atoms with Gasteiger partial charge in [0, 0.05) is 11.8 Å². The maximum atomic E-state index is 13.0. The highest BCUT2D eigenvalue weighted by molar-refractivity contribution is 5.45. The van der Waals surface area contributed by atoms with Gasteiger partial charge in [0.05, 0.1) is 17.9 Å². The second-order valence-electron chi connectivity index (χ2n) is 3.77. The largest absolute Gasteiger partial charge is 0.379 e. The highest BCUT2D eigenvalue weighted by atomic mass is 19.1. The van der Waals surface area contributed by atoms with Crippen molar-refractivity contribution in [3.05, 3.63) is 66.0 Å². The molecular formula is C14H12F2N2. The average molecular weight is 246 g/mol. The van der Waals surface area contributed by atoms with Crippen molar-refractivity contribution in [2.24, 2.45) is 0 Å². The van der Waals surface area contributed by atoms with Gasteiger partial charge in [-0.1, -0.05) is 12.6 Å². The third-order valence-corrected chi connectivity index (χ3v) is 2.37. The van der Waals surface area contributed by atoms with Crippen molar-refractivity contribution in [1.29, 1.82) is 0 Å². The molecule has 2 aromatic rings. The number of anilines is 1. The summed E-state index contributed by atoms with van der Waals surface area (Å²) in [5.74, 6) is -1.21. The summed E-state index contributed by atoms with van der Waals surface area (Å²) in [7, 11) is 0. The molecule has 0 aliphatic carbocycles. The lowest BCUT2D eigenvalue weighted by Crippen LogP contribution is -2.02. The first-order chi connectivity index (χ1) is 8.67. The number of benzene rings is 1. The first kappa shape index (κ1) is 12.2. The Morgan fingerprint density at radius 1 is 1.17 bits per heavy atom. The smallest absolute Gasteiger partial charge is 0.128 e. The Morgan fingerprint density at radius 2 is 1.89 bits per heavy atom. The van der Waals surface area contributed by atoms with Crippen molar-refractivity contribution < 1.29 is 8.78 Å². The van der Waals surface area contributed by atoms with Gasteiger partial charge in [0.15, 0.2) is 0 Å². The fourth-order valence-corrected chi connectivity index (χ4v) is 1.56. The first-order valence-corrected chi connectivity index (χ1v) is 5.46. The fourth-order valence-electron chi connectivity index (χ4n) is 1.56. The second-order valence-corrected chi connectivity index (χ2v) is 3.77. The van der Waals surface area contributed by atoms with Crippen LogP contribution >= 0.6 is 0 Å². The number of nitrogens with one attached hydrogen (secondary N) is 1. The number of nitrogens with zero attached hydrogens (tertiary/aromatic N) is 1. The van der Waals surface area contributed by atoms with Crippen molar-refractivity contribution >= 4 is 11.8 Å². The maximum Gasteiger partial charge on any atom is 0.128 e. The van der Waals surface area contributed by atoms with Gasteiger partial charge in [0.1, 0.15) is 11.6 Å². The van der Waals surface area contributed by atoms with Gasteiger partial charge in [-0.2, -0.15) is 0 Å². The van der Waals surface area contributed by atoms with Crippen LogP contribution in [0.2, 0.25) is 0 Å². The lowest BCUT2D eigenvalue weighted by Gasteiger charge is -2.07. The molecule has 0 aliphatic rings. The normalized spacial score (nSPS) is 10.1. The van der Waals surface area contributed by atoms with Gasteiger partial charge in [0.2, 0.25) is 0 Å². The van der Waals surface area contributed by atoms with E-state index in [0.717, 1.165) is 17.5 Å². The summed E-state index contributed by atoms with van der Waals surface area (Å²) in [6.45, 7) is 4.02. The minimum Gasteiger partial charge on any atom is -0.379 e. The van der Waals surface area contributed by atoms with Crippen LogP contribution in [0.3, 0.4) is 0 Å². The highest BCUT2D eigenvalue weighted by Crippen LogP contribution is 2.13. The zero-order valence-electron chi connectivity index (χ0n) is 9.66. The molecule has 1 aromatic carbocycles. The topological polar surface area (TPSA) is 24.9 Å². The van der Waals surface area contributed by atoms with Gasteiger partial charge < -0.3 is 5.32 Å². The number of rotatable bonds is 4. The van der Waals surface area contributed by atoms with Gasteiger partial charge >= 0.3 is 0 Å². The Balaban J connectivity index is 2.08.